The maximum atomic E-state index is 11.4. The van der Waals surface area contributed by atoms with E-state index in [1.165, 1.54) is 30.0 Å². The summed E-state index contributed by atoms with van der Waals surface area (Å²) in [5.74, 6) is -1.08. The first-order valence-corrected chi connectivity index (χ1v) is 6.34. The molecule has 1 aromatic rings. The van der Waals surface area contributed by atoms with Crippen molar-refractivity contribution in [2.24, 2.45) is 0 Å². The molecule has 0 atom stereocenters. The summed E-state index contributed by atoms with van der Waals surface area (Å²) in [4.78, 5) is 22.2. The van der Waals surface area contributed by atoms with Gasteiger partial charge in [0.25, 0.3) is 0 Å². The fraction of sp³-hybridized carbons (Fsp3) is 0.182. The largest absolute Gasteiger partial charge is 0.478 e. The van der Waals surface area contributed by atoms with E-state index in [4.69, 9.17) is 22.0 Å². The molecule has 0 unspecified atom stereocenters. The van der Waals surface area contributed by atoms with Crippen LogP contribution in [-0.2, 0) is 4.79 Å². The molecule has 0 radical (unpaired) electrons. The lowest BCUT2D eigenvalue weighted by molar-refractivity contribution is -0.113. The van der Waals surface area contributed by atoms with Gasteiger partial charge >= 0.3 is 5.97 Å². The number of hydrogen-bond acceptors (Lipinski definition) is 4. The molecule has 0 aliphatic carbocycles. The standard InChI is InChI=1S/C11H9ClN2O3S/c12-8-3-7(11(16)17)4-9(5-8)14-10(15)6-18-2-1-13/h3-5H,2,6H2,(H,14,15)(H,16,17). The number of hydrogen-bond donors (Lipinski definition) is 2. The minimum Gasteiger partial charge on any atom is -0.478 e. The number of carbonyl (C=O) groups excluding carboxylic acids is 1. The number of carbonyl (C=O) groups is 2. The molecular weight excluding hydrogens is 276 g/mol. The average Bonchev–Trinajstić information content (AvgIpc) is 2.28. The lowest BCUT2D eigenvalue weighted by atomic mass is 10.2. The van der Waals surface area contributed by atoms with Crippen LogP contribution in [0, 0.1) is 11.3 Å². The van der Waals surface area contributed by atoms with Crippen molar-refractivity contribution in [1.82, 2.24) is 0 Å². The zero-order chi connectivity index (χ0) is 13.5. The van der Waals surface area contributed by atoms with Crippen LogP contribution in [0.4, 0.5) is 5.69 Å². The zero-order valence-electron chi connectivity index (χ0n) is 9.14. The number of rotatable bonds is 5. The molecule has 1 amide bonds. The van der Waals surface area contributed by atoms with Crippen molar-refractivity contribution in [1.29, 1.82) is 5.26 Å². The van der Waals surface area contributed by atoms with Crippen molar-refractivity contribution in [2.45, 2.75) is 0 Å². The summed E-state index contributed by atoms with van der Waals surface area (Å²) in [7, 11) is 0. The van der Waals surface area contributed by atoms with E-state index in [1.807, 2.05) is 6.07 Å². The number of thioether (sulfide) groups is 1. The molecule has 5 nitrogen and oxygen atoms in total. The number of aromatic carboxylic acids is 1. The molecule has 0 spiro atoms. The van der Waals surface area contributed by atoms with Gasteiger partial charge in [0.15, 0.2) is 0 Å². The number of nitrogens with zero attached hydrogens (tertiary/aromatic N) is 1. The Labute approximate surface area is 113 Å². The smallest absolute Gasteiger partial charge is 0.335 e. The zero-order valence-corrected chi connectivity index (χ0v) is 10.7. The SMILES string of the molecule is N#CCSCC(=O)Nc1cc(Cl)cc(C(=O)O)c1. The Balaban J connectivity index is 2.70. The van der Waals surface area contributed by atoms with E-state index in [2.05, 4.69) is 5.32 Å². The summed E-state index contributed by atoms with van der Waals surface area (Å²) in [6.07, 6.45) is 0. The maximum Gasteiger partial charge on any atom is 0.335 e. The number of nitriles is 1. The number of benzene rings is 1. The Kier molecular flexibility index (Phi) is 5.49. The minimum absolute atomic E-state index is 0.00229. The highest BCUT2D eigenvalue weighted by atomic mass is 35.5. The number of amides is 1. The molecule has 1 aromatic carbocycles. The maximum absolute atomic E-state index is 11.4. The Bertz CT molecular complexity index is 514. The molecule has 18 heavy (non-hydrogen) atoms. The van der Waals surface area contributed by atoms with Crippen LogP contribution in [0.15, 0.2) is 18.2 Å². The van der Waals surface area contributed by atoms with E-state index in [0.29, 0.717) is 5.69 Å². The van der Waals surface area contributed by atoms with Gasteiger partial charge in [0.1, 0.15) is 0 Å². The van der Waals surface area contributed by atoms with Crippen LogP contribution >= 0.6 is 23.4 Å². The Hall–Kier alpha value is -1.71. The van der Waals surface area contributed by atoms with Crippen LogP contribution in [0.3, 0.4) is 0 Å². The molecule has 0 aliphatic heterocycles. The Morgan fingerprint density at radius 1 is 1.44 bits per heavy atom. The second kappa shape index (κ2) is 6.89. The van der Waals surface area contributed by atoms with E-state index in [1.54, 1.807) is 0 Å². The second-order valence-corrected chi connectivity index (χ2v) is 4.65. The molecule has 0 saturated heterocycles. The first kappa shape index (κ1) is 14.4. The van der Waals surface area contributed by atoms with Crippen LogP contribution in [0.2, 0.25) is 5.02 Å². The van der Waals surface area contributed by atoms with Crippen LogP contribution in [0.1, 0.15) is 10.4 Å². The lowest BCUT2D eigenvalue weighted by Gasteiger charge is -2.06. The first-order chi connectivity index (χ1) is 8.52. The lowest BCUT2D eigenvalue weighted by Crippen LogP contribution is -2.14. The fourth-order valence-corrected chi connectivity index (χ4v) is 1.86. The van der Waals surface area contributed by atoms with Crippen molar-refractivity contribution in [3.63, 3.8) is 0 Å². The summed E-state index contributed by atoms with van der Waals surface area (Å²) in [6.45, 7) is 0. The van der Waals surface area contributed by atoms with E-state index in [0.717, 1.165) is 0 Å². The van der Waals surface area contributed by atoms with Crippen LogP contribution in [-0.4, -0.2) is 28.5 Å². The summed E-state index contributed by atoms with van der Waals surface area (Å²) in [5.41, 5.74) is 0.324. The quantitative estimate of drug-likeness (QED) is 0.809. The Morgan fingerprint density at radius 3 is 2.78 bits per heavy atom. The molecule has 94 valence electrons. The topological polar surface area (TPSA) is 90.2 Å². The van der Waals surface area contributed by atoms with Crippen molar-refractivity contribution in [2.75, 3.05) is 16.8 Å². The van der Waals surface area contributed by atoms with Gasteiger partial charge in [-0.2, -0.15) is 5.26 Å². The van der Waals surface area contributed by atoms with Gasteiger partial charge in [0.05, 0.1) is 23.1 Å². The van der Waals surface area contributed by atoms with Crippen LogP contribution in [0.25, 0.3) is 0 Å². The molecule has 0 bridgehead atoms. The molecule has 0 fully saturated rings. The highest BCUT2D eigenvalue weighted by molar-refractivity contribution is 8.00. The Morgan fingerprint density at radius 2 is 2.17 bits per heavy atom. The number of halogens is 1. The second-order valence-electron chi connectivity index (χ2n) is 3.23. The van der Waals surface area contributed by atoms with Crippen molar-refractivity contribution < 1.29 is 14.7 Å². The van der Waals surface area contributed by atoms with E-state index < -0.39 is 5.97 Å². The van der Waals surface area contributed by atoms with Crippen LogP contribution in [0.5, 0.6) is 0 Å². The summed E-state index contributed by atoms with van der Waals surface area (Å²) in [6, 6.07) is 5.98. The van der Waals surface area contributed by atoms with E-state index in [9.17, 15) is 9.59 Å². The first-order valence-electron chi connectivity index (χ1n) is 4.81. The van der Waals surface area contributed by atoms with Crippen LogP contribution < -0.4 is 5.32 Å². The van der Waals surface area contributed by atoms with Crippen molar-refractivity contribution >= 4 is 40.9 Å². The van der Waals surface area contributed by atoms with Gasteiger partial charge in [0.2, 0.25) is 5.91 Å². The molecule has 0 heterocycles. The molecule has 0 aromatic heterocycles. The molecule has 7 heteroatoms. The summed E-state index contributed by atoms with van der Waals surface area (Å²) in [5, 5.41) is 19.9. The van der Waals surface area contributed by atoms with Crippen molar-refractivity contribution in [3.8, 4) is 6.07 Å². The highest BCUT2D eigenvalue weighted by Gasteiger charge is 2.08. The fourth-order valence-electron chi connectivity index (χ4n) is 1.17. The molecular formula is C11H9ClN2O3S. The third-order valence-electron chi connectivity index (χ3n) is 1.83. The van der Waals surface area contributed by atoms with Gasteiger partial charge in [0, 0.05) is 10.7 Å². The highest BCUT2D eigenvalue weighted by Crippen LogP contribution is 2.19. The molecule has 0 saturated carbocycles. The number of nitrogens with one attached hydrogen (secondary N) is 1. The third kappa shape index (κ3) is 4.65. The van der Waals surface area contributed by atoms with Gasteiger partial charge in [-0.25, -0.2) is 4.79 Å². The van der Waals surface area contributed by atoms with E-state index >= 15 is 0 Å². The monoisotopic (exact) mass is 284 g/mol. The van der Waals surface area contributed by atoms with Gasteiger partial charge in [-0.1, -0.05) is 11.6 Å². The van der Waals surface area contributed by atoms with Gasteiger partial charge in [-0.3, -0.25) is 4.79 Å². The van der Waals surface area contributed by atoms with Gasteiger partial charge < -0.3 is 10.4 Å². The molecule has 1 rings (SSSR count). The number of anilines is 1. The number of carboxylic acids is 1. The summed E-state index contributed by atoms with van der Waals surface area (Å²) >= 11 is 6.91. The normalized spacial score (nSPS) is 9.56. The minimum atomic E-state index is -1.12. The summed E-state index contributed by atoms with van der Waals surface area (Å²) < 4.78 is 0. The number of carboxylic acid groups (broad SMARTS) is 1. The average molecular weight is 285 g/mol. The predicted molar refractivity (Wildman–Crippen MR) is 70.0 cm³/mol. The molecule has 0 aliphatic rings. The predicted octanol–water partition coefficient (Wildman–Crippen LogP) is 2.23. The van der Waals surface area contributed by atoms with Gasteiger partial charge in [-0.15, -0.1) is 11.8 Å². The van der Waals surface area contributed by atoms with Gasteiger partial charge in [-0.05, 0) is 18.2 Å². The van der Waals surface area contributed by atoms with Crippen molar-refractivity contribution in [3.05, 3.63) is 28.8 Å². The third-order valence-corrected chi connectivity index (χ3v) is 2.85. The van der Waals surface area contributed by atoms with E-state index in [-0.39, 0.29) is 28.0 Å². The molecule has 2 N–H and O–H groups in total.